The van der Waals surface area contributed by atoms with Crippen LogP contribution in [-0.2, 0) is 21.4 Å². The molecule has 0 aliphatic carbocycles. The molecule has 114 valence electrons. The van der Waals surface area contributed by atoms with Gasteiger partial charge in [0, 0.05) is 26.3 Å². The van der Waals surface area contributed by atoms with Gasteiger partial charge in [0.15, 0.2) is 5.82 Å². The van der Waals surface area contributed by atoms with Crippen LogP contribution in [0.4, 0.5) is 11.6 Å². The van der Waals surface area contributed by atoms with Crippen LogP contribution in [0.5, 0.6) is 0 Å². The Labute approximate surface area is 118 Å². The summed E-state index contributed by atoms with van der Waals surface area (Å²) in [6, 6.07) is 1.58. The van der Waals surface area contributed by atoms with Crippen LogP contribution >= 0.6 is 0 Å². The van der Waals surface area contributed by atoms with Crippen molar-refractivity contribution in [1.82, 2.24) is 14.7 Å². The van der Waals surface area contributed by atoms with Crippen molar-refractivity contribution in [2.75, 3.05) is 36.7 Å². The molecule has 0 unspecified atom stereocenters. The molecule has 1 heterocycles. The summed E-state index contributed by atoms with van der Waals surface area (Å²) in [6.07, 6.45) is 0. The number of sulfonamides is 1. The number of ether oxygens (including phenoxy) is 1. The highest BCUT2D eigenvalue weighted by Crippen LogP contribution is 2.10. The lowest BCUT2D eigenvalue weighted by molar-refractivity contribution is 0.178. The molecule has 0 saturated carbocycles. The Morgan fingerprint density at radius 2 is 2.05 bits per heavy atom. The minimum absolute atomic E-state index is 0.0458. The van der Waals surface area contributed by atoms with Crippen LogP contribution in [0.15, 0.2) is 6.07 Å². The molecule has 5 N–H and O–H groups in total. The molecule has 0 atom stereocenters. The van der Waals surface area contributed by atoms with Gasteiger partial charge in [0.25, 0.3) is 0 Å². The third-order valence-electron chi connectivity index (χ3n) is 2.23. The lowest BCUT2D eigenvalue weighted by Crippen LogP contribution is -2.29. The largest absolute Gasteiger partial charge is 0.377 e. The standard InChI is InChI=1S/C10H20N6O3S/c1-3-13-20(17,18)5-4-12-8-6-9(16-11)15-10(14-8)7-19-2/h6,13H,3-5,7,11H2,1-2H3,(H2,12,14,15,16). The summed E-state index contributed by atoms with van der Waals surface area (Å²) in [5, 5.41) is 2.91. The summed E-state index contributed by atoms with van der Waals surface area (Å²) in [4.78, 5) is 8.26. The van der Waals surface area contributed by atoms with Crippen molar-refractivity contribution in [1.29, 1.82) is 0 Å². The average Bonchev–Trinajstić information content (AvgIpc) is 2.38. The molecule has 0 aliphatic rings. The van der Waals surface area contributed by atoms with E-state index in [4.69, 9.17) is 10.6 Å². The summed E-state index contributed by atoms with van der Waals surface area (Å²) in [6.45, 7) is 2.56. The van der Waals surface area contributed by atoms with E-state index in [0.717, 1.165) is 0 Å². The molecule has 1 aromatic heterocycles. The molecule has 1 aromatic rings. The first-order valence-corrected chi connectivity index (χ1v) is 7.70. The topological polar surface area (TPSA) is 131 Å². The maximum absolute atomic E-state index is 11.5. The minimum atomic E-state index is -3.26. The maximum Gasteiger partial charge on any atom is 0.213 e. The second kappa shape index (κ2) is 7.94. The highest BCUT2D eigenvalue weighted by Gasteiger charge is 2.09. The smallest absolute Gasteiger partial charge is 0.213 e. The van der Waals surface area contributed by atoms with Crippen LogP contribution in [0.1, 0.15) is 12.7 Å². The Hall–Kier alpha value is -1.49. The van der Waals surface area contributed by atoms with Crippen LogP contribution in [0.25, 0.3) is 0 Å². The number of nitrogen functional groups attached to an aromatic ring is 1. The molecule has 0 radical (unpaired) electrons. The van der Waals surface area contributed by atoms with Gasteiger partial charge in [-0.05, 0) is 0 Å². The number of methoxy groups -OCH3 is 1. The fourth-order valence-corrected chi connectivity index (χ4v) is 2.42. The minimum Gasteiger partial charge on any atom is -0.377 e. The molecule has 0 aliphatic heterocycles. The van der Waals surface area contributed by atoms with Crippen molar-refractivity contribution in [2.45, 2.75) is 13.5 Å². The first-order valence-electron chi connectivity index (χ1n) is 6.05. The Kier molecular flexibility index (Phi) is 6.58. The number of hydrazine groups is 1. The molecule has 0 fully saturated rings. The Morgan fingerprint density at radius 1 is 1.35 bits per heavy atom. The third-order valence-corrected chi connectivity index (χ3v) is 3.71. The van der Waals surface area contributed by atoms with E-state index < -0.39 is 10.0 Å². The number of nitrogens with zero attached hydrogens (tertiary/aromatic N) is 2. The molecule has 0 amide bonds. The number of hydrogen-bond donors (Lipinski definition) is 4. The lowest BCUT2D eigenvalue weighted by atomic mass is 10.5. The highest BCUT2D eigenvalue weighted by molar-refractivity contribution is 7.89. The van der Waals surface area contributed by atoms with Crippen LogP contribution < -0.4 is 21.3 Å². The zero-order valence-corrected chi connectivity index (χ0v) is 12.3. The number of nitrogens with two attached hydrogens (primary N) is 1. The Bertz CT molecular complexity index is 522. The van der Waals surface area contributed by atoms with Gasteiger partial charge in [-0.3, -0.25) is 0 Å². The first kappa shape index (κ1) is 16.6. The van der Waals surface area contributed by atoms with Gasteiger partial charge in [-0.1, -0.05) is 6.92 Å². The molecule has 10 heteroatoms. The molecule has 0 saturated heterocycles. The summed E-state index contributed by atoms with van der Waals surface area (Å²) in [7, 11) is -1.73. The SMILES string of the molecule is CCNS(=O)(=O)CCNc1cc(NN)nc(COC)n1. The number of rotatable bonds is 9. The summed E-state index contributed by atoms with van der Waals surface area (Å²) >= 11 is 0. The number of aromatic nitrogens is 2. The van der Waals surface area contributed by atoms with Crippen LogP contribution in [0.2, 0.25) is 0 Å². The van der Waals surface area contributed by atoms with E-state index in [1.807, 2.05) is 0 Å². The Balaban J connectivity index is 2.65. The summed E-state index contributed by atoms with van der Waals surface area (Å²) in [5.74, 6) is 6.60. The van der Waals surface area contributed by atoms with Gasteiger partial charge >= 0.3 is 0 Å². The number of hydrogen-bond acceptors (Lipinski definition) is 8. The normalized spacial score (nSPS) is 11.3. The summed E-state index contributed by atoms with van der Waals surface area (Å²) in [5.41, 5.74) is 2.42. The predicted octanol–water partition coefficient (Wildman–Crippen LogP) is -0.740. The molecular formula is C10H20N6O3S. The van der Waals surface area contributed by atoms with E-state index in [-0.39, 0.29) is 18.9 Å². The average molecular weight is 304 g/mol. The van der Waals surface area contributed by atoms with Crippen LogP contribution in [0, 0.1) is 0 Å². The van der Waals surface area contributed by atoms with Crippen LogP contribution in [0.3, 0.4) is 0 Å². The molecule has 0 bridgehead atoms. The van der Waals surface area contributed by atoms with Gasteiger partial charge in [0.2, 0.25) is 10.0 Å². The molecule has 0 spiro atoms. The number of nitrogens with one attached hydrogen (secondary N) is 3. The van der Waals surface area contributed by atoms with Crippen molar-refractivity contribution in [3.63, 3.8) is 0 Å². The lowest BCUT2D eigenvalue weighted by Gasteiger charge is -2.10. The first-order chi connectivity index (χ1) is 9.50. The Morgan fingerprint density at radius 3 is 2.65 bits per heavy atom. The van der Waals surface area contributed by atoms with Gasteiger partial charge in [-0.15, -0.1) is 0 Å². The van der Waals surface area contributed by atoms with Crippen molar-refractivity contribution in [3.05, 3.63) is 11.9 Å². The summed E-state index contributed by atoms with van der Waals surface area (Å²) < 4.78 is 30.3. The zero-order valence-electron chi connectivity index (χ0n) is 11.5. The van der Waals surface area contributed by atoms with E-state index in [2.05, 4.69) is 25.4 Å². The highest BCUT2D eigenvalue weighted by atomic mass is 32.2. The quantitative estimate of drug-likeness (QED) is 0.346. The molecular weight excluding hydrogens is 284 g/mol. The van der Waals surface area contributed by atoms with E-state index in [1.54, 1.807) is 13.0 Å². The van der Waals surface area contributed by atoms with E-state index in [9.17, 15) is 8.42 Å². The fourth-order valence-electron chi connectivity index (χ4n) is 1.46. The van der Waals surface area contributed by atoms with Gasteiger partial charge in [0.05, 0.1) is 5.75 Å². The van der Waals surface area contributed by atoms with E-state index >= 15 is 0 Å². The molecule has 0 aromatic carbocycles. The second-order valence-corrected chi connectivity index (χ2v) is 5.80. The van der Waals surface area contributed by atoms with Gasteiger partial charge < -0.3 is 15.5 Å². The maximum atomic E-state index is 11.5. The van der Waals surface area contributed by atoms with Crippen molar-refractivity contribution in [3.8, 4) is 0 Å². The van der Waals surface area contributed by atoms with Gasteiger partial charge in [-0.25, -0.2) is 29.0 Å². The van der Waals surface area contributed by atoms with Crippen molar-refractivity contribution < 1.29 is 13.2 Å². The van der Waals surface area contributed by atoms with Gasteiger partial charge in [-0.2, -0.15) is 0 Å². The zero-order chi connectivity index (χ0) is 15.0. The third kappa shape index (κ3) is 5.65. The molecule has 1 rings (SSSR count). The van der Waals surface area contributed by atoms with E-state index in [0.29, 0.717) is 24.0 Å². The van der Waals surface area contributed by atoms with Crippen LogP contribution in [-0.4, -0.2) is 44.3 Å². The van der Waals surface area contributed by atoms with Crippen molar-refractivity contribution in [2.24, 2.45) is 5.84 Å². The second-order valence-electron chi connectivity index (χ2n) is 3.88. The van der Waals surface area contributed by atoms with Gasteiger partial charge in [0.1, 0.15) is 18.2 Å². The monoisotopic (exact) mass is 304 g/mol. The van der Waals surface area contributed by atoms with E-state index in [1.165, 1.54) is 7.11 Å². The molecule has 9 nitrogen and oxygen atoms in total. The number of anilines is 2. The fraction of sp³-hybridized carbons (Fsp3) is 0.600. The van der Waals surface area contributed by atoms with Crippen molar-refractivity contribution >= 4 is 21.7 Å². The predicted molar refractivity (Wildman–Crippen MR) is 76.5 cm³/mol. The molecule has 20 heavy (non-hydrogen) atoms.